The number of hydrazine groups is 1. The molecular weight excluding hydrogens is 496 g/mol. The van der Waals surface area contributed by atoms with Crippen LogP contribution < -0.4 is 11.3 Å². The first-order chi connectivity index (χ1) is 19.1. The number of carbonyl (C=O) groups is 2. The van der Waals surface area contributed by atoms with Crippen LogP contribution in [0.3, 0.4) is 0 Å². The van der Waals surface area contributed by atoms with Crippen LogP contribution in [0.4, 0.5) is 0 Å². The van der Waals surface area contributed by atoms with E-state index < -0.39 is 5.91 Å². The maximum atomic E-state index is 12.6. The number of fused-ring (bicyclic) bond motifs is 1. The van der Waals surface area contributed by atoms with E-state index in [1.807, 2.05) is 48.5 Å². The van der Waals surface area contributed by atoms with Gasteiger partial charge in [-0.2, -0.15) is 0 Å². The molecule has 2 aromatic carbocycles. The first kappa shape index (κ1) is 24.4. The Labute approximate surface area is 223 Å². The van der Waals surface area contributed by atoms with Crippen molar-refractivity contribution < 1.29 is 18.8 Å². The fourth-order valence-corrected chi connectivity index (χ4v) is 4.58. The molecule has 6 rings (SSSR count). The predicted molar refractivity (Wildman–Crippen MR) is 144 cm³/mol. The number of benzene rings is 2. The quantitative estimate of drug-likeness (QED) is 0.203. The standard InChI is InChI=1S/C29H24N6O4/c30-33-28(36)22-15-25(32-24-9-10-31-17-23(22)24)20-5-1-18(2-6-20)19-3-7-21(8-4-19)26-16-27(39-34-26)29(37)35-11-13-38-14-12-35/h1-10,15-17H,11-14,30H2,(H,33,36). The molecule has 3 N–H and O–H groups in total. The van der Waals surface area contributed by atoms with Crippen LogP contribution in [0.15, 0.2) is 83.6 Å². The van der Waals surface area contributed by atoms with Crippen LogP contribution in [-0.4, -0.2) is 58.1 Å². The predicted octanol–water partition coefficient (Wildman–Crippen LogP) is 3.69. The Kier molecular flexibility index (Phi) is 6.54. The van der Waals surface area contributed by atoms with E-state index in [4.69, 9.17) is 20.1 Å². The minimum absolute atomic E-state index is 0.179. The van der Waals surface area contributed by atoms with Crippen molar-refractivity contribution in [2.45, 2.75) is 0 Å². The van der Waals surface area contributed by atoms with Gasteiger partial charge in [0.25, 0.3) is 11.8 Å². The van der Waals surface area contributed by atoms with Crippen molar-refractivity contribution in [1.82, 2.24) is 25.5 Å². The highest BCUT2D eigenvalue weighted by Gasteiger charge is 2.23. The zero-order valence-electron chi connectivity index (χ0n) is 20.8. The van der Waals surface area contributed by atoms with E-state index >= 15 is 0 Å². The smallest absolute Gasteiger partial charge is 0.292 e. The molecule has 39 heavy (non-hydrogen) atoms. The van der Waals surface area contributed by atoms with E-state index in [0.29, 0.717) is 54.2 Å². The molecule has 0 unspecified atom stereocenters. The molecule has 4 heterocycles. The highest BCUT2D eigenvalue weighted by Crippen LogP contribution is 2.29. The zero-order valence-corrected chi connectivity index (χ0v) is 20.8. The molecule has 1 saturated heterocycles. The van der Waals surface area contributed by atoms with E-state index in [0.717, 1.165) is 22.3 Å². The van der Waals surface area contributed by atoms with E-state index in [1.54, 1.807) is 35.5 Å². The molecule has 3 aromatic heterocycles. The number of aromatic nitrogens is 3. The molecule has 0 radical (unpaired) electrons. The summed E-state index contributed by atoms with van der Waals surface area (Å²) in [5.41, 5.74) is 8.25. The molecule has 2 amide bonds. The second-order valence-corrected chi connectivity index (χ2v) is 9.06. The first-order valence-electron chi connectivity index (χ1n) is 12.4. The molecule has 1 aliphatic rings. The van der Waals surface area contributed by atoms with Crippen molar-refractivity contribution in [3.63, 3.8) is 0 Å². The summed E-state index contributed by atoms with van der Waals surface area (Å²) in [6.45, 7) is 2.14. The highest BCUT2D eigenvalue weighted by atomic mass is 16.5. The van der Waals surface area contributed by atoms with Gasteiger partial charge in [-0.25, -0.2) is 10.8 Å². The summed E-state index contributed by atoms with van der Waals surface area (Å²) >= 11 is 0. The molecule has 0 aliphatic carbocycles. The van der Waals surface area contributed by atoms with Crippen LogP contribution in [0.1, 0.15) is 20.9 Å². The number of nitrogen functional groups attached to an aromatic ring is 1. The number of amides is 2. The lowest BCUT2D eigenvalue weighted by molar-refractivity contribution is 0.0277. The molecular formula is C29H24N6O4. The van der Waals surface area contributed by atoms with Gasteiger partial charge in [-0.1, -0.05) is 53.7 Å². The molecule has 5 aromatic rings. The minimum Gasteiger partial charge on any atom is -0.378 e. The first-order valence-corrected chi connectivity index (χ1v) is 12.4. The second-order valence-electron chi connectivity index (χ2n) is 9.06. The van der Waals surface area contributed by atoms with Crippen molar-refractivity contribution >= 4 is 22.7 Å². The number of carbonyl (C=O) groups excluding carboxylic acids is 2. The SMILES string of the molecule is NNC(=O)c1cc(-c2ccc(-c3ccc(-c4cc(C(=O)N5CCOCC5)on4)cc3)cc2)nc2ccncc12. The van der Waals surface area contributed by atoms with Crippen LogP contribution in [-0.2, 0) is 4.74 Å². The molecule has 10 heteroatoms. The highest BCUT2D eigenvalue weighted by molar-refractivity contribution is 6.06. The van der Waals surface area contributed by atoms with Gasteiger partial charge < -0.3 is 14.2 Å². The van der Waals surface area contributed by atoms with Gasteiger partial charge in [0.1, 0.15) is 5.69 Å². The Bertz CT molecular complexity index is 1660. The summed E-state index contributed by atoms with van der Waals surface area (Å²) in [5, 5.41) is 4.73. The normalized spacial score (nSPS) is 13.4. The number of rotatable bonds is 5. The third-order valence-electron chi connectivity index (χ3n) is 6.70. The van der Waals surface area contributed by atoms with Crippen LogP contribution in [0.2, 0.25) is 0 Å². The van der Waals surface area contributed by atoms with Crippen LogP contribution in [0.25, 0.3) is 44.5 Å². The minimum atomic E-state index is -0.405. The average Bonchev–Trinajstić information content (AvgIpc) is 3.51. The van der Waals surface area contributed by atoms with Gasteiger partial charge in [-0.3, -0.25) is 20.0 Å². The number of nitrogens with one attached hydrogen (secondary N) is 1. The Balaban J connectivity index is 1.22. The van der Waals surface area contributed by atoms with Gasteiger partial charge in [-0.05, 0) is 23.3 Å². The van der Waals surface area contributed by atoms with Gasteiger partial charge in [0.05, 0.1) is 30.0 Å². The topological polar surface area (TPSA) is 136 Å². The number of nitrogens with zero attached hydrogens (tertiary/aromatic N) is 4. The fraction of sp³-hybridized carbons (Fsp3) is 0.138. The van der Waals surface area contributed by atoms with Gasteiger partial charge in [0, 0.05) is 48.1 Å². The number of nitrogens with two attached hydrogens (primary N) is 1. The Morgan fingerprint density at radius 1 is 0.846 bits per heavy atom. The summed E-state index contributed by atoms with van der Waals surface area (Å²) in [6.07, 6.45) is 3.24. The Morgan fingerprint density at radius 2 is 1.49 bits per heavy atom. The van der Waals surface area contributed by atoms with Crippen molar-refractivity contribution in [1.29, 1.82) is 0 Å². The lowest BCUT2D eigenvalue weighted by Crippen LogP contribution is -2.40. The summed E-state index contributed by atoms with van der Waals surface area (Å²) < 4.78 is 10.6. The molecule has 0 saturated carbocycles. The van der Waals surface area contributed by atoms with Crippen LogP contribution in [0.5, 0.6) is 0 Å². The average molecular weight is 521 g/mol. The van der Waals surface area contributed by atoms with Gasteiger partial charge >= 0.3 is 0 Å². The summed E-state index contributed by atoms with van der Waals surface area (Å²) in [4.78, 5) is 35.5. The summed E-state index contributed by atoms with van der Waals surface area (Å²) in [7, 11) is 0. The molecule has 0 spiro atoms. The van der Waals surface area contributed by atoms with Crippen molar-refractivity contribution in [2.75, 3.05) is 26.3 Å². The number of ether oxygens (including phenoxy) is 1. The molecule has 0 bridgehead atoms. The van der Waals surface area contributed by atoms with E-state index in [-0.39, 0.29) is 11.7 Å². The number of hydrogen-bond donors (Lipinski definition) is 2. The molecule has 1 fully saturated rings. The van der Waals surface area contributed by atoms with Crippen molar-refractivity contribution in [2.24, 2.45) is 5.84 Å². The Hall–Kier alpha value is -4.93. The Morgan fingerprint density at radius 3 is 2.15 bits per heavy atom. The largest absolute Gasteiger partial charge is 0.378 e. The summed E-state index contributed by atoms with van der Waals surface area (Å²) in [5.74, 6) is 5.03. The summed E-state index contributed by atoms with van der Waals surface area (Å²) in [6, 6.07) is 21.0. The maximum absolute atomic E-state index is 12.6. The van der Waals surface area contributed by atoms with Crippen molar-refractivity contribution in [3.8, 4) is 33.6 Å². The molecule has 10 nitrogen and oxygen atoms in total. The molecule has 1 aliphatic heterocycles. The van der Waals surface area contributed by atoms with E-state index in [2.05, 4.69) is 15.6 Å². The van der Waals surface area contributed by atoms with E-state index in [1.165, 1.54) is 0 Å². The van der Waals surface area contributed by atoms with E-state index in [9.17, 15) is 9.59 Å². The zero-order chi connectivity index (χ0) is 26.8. The molecule has 194 valence electrons. The van der Waals surface area contributed by atoms with Gasteiger partial charge in [0.2, 0.25) is 5.76 Å². The number of morpholine rings is 1. The monoisotopic (exact) mass is 520 g/mol. The van der Waals surface area contributed by atoms with Gasteiger partial charge in [-0.15, -0.1) is 0 Å². The third-order valence-corrected chi connectivity index (χ3v) is 6.70. The number of hydrogen-bond acceptors (Lipinski definition) is 8. The fourth-order valence-electron chi connectivity index (χ4n) is 4.58. The van der Waals surface area contributed by atoms with Crippen molar-refractivity contribution in [3.05, 3.63) is 90.4 Å². The number of pyridine rings is 2. The lowest BCUT2D eigenvalue weighted by atomic mass is 9.99. The van der Waals surface area contributed by atoms with Gasteiger partial charge in [0.15, 0.2) is 0 Å². The van der Waals surface area contributed by atoms with Crippen LogP contribution in [0, 0.1) is 0 Å². The maximum Gasteiger partial charge on any atom is 0.292 e. The third kappa shape index (κ3) is 4.86. The molecule has 0 atom stereocenters. The lowest BCUT2D eigenvalue weighted by Gasteiger charge is -2.25. The van der Waals surface area contributed by atoms with Crippen LogP contribution >= 0.6 is 0 Å². The second kappa shape index (κ2) is 10.4.